The normalized spacial score (nSPS) is 20.0. The zero-order valence-corrected chi connectivity index (χ0v) is 18.0. The topological polar surface area (TPSA) is 69.6 Å². The molecular weight excluding hydrogens is 423 g/mol. The molecule has 0 unspecified atom stereocenters. The first kappa shape index (κ1) is 21.2. The summed E-state index contributed by atoms with van der Waals surface area (Å²) >= 11 is 13.1. The predicted octanol–water partition coefficient (Wildman–Crippen LogP) is 4.50. The van der Waals surface area contributed by atoms with Gasteiger partial charge in [-0.05, 0) is 79.7 Å². The molecule has 1 amide bonds. The Morgan fingerprint density at radius 3 is 2.27 bits per heavy atom. The van der Waals surface area contributed by atoms with E-state index in [-0.39, 0.29) is 17.4 Å². The number of nitrogens with zero attached hydrogens (tertiary/aromatic N) is 1. The van der Waals surface area contributed by atoms with Crippen LogP contribution in [0.5, 0.6) is 0 Å². The first-order valence-electron chi connectivity index (χ1n) is 10.3. The maximum absolute atomic E-state index is 13.0. The number of carboxylic acid groups (broad SMARTS) is 1. The molecule has 2 aromatic rings. The number of piperidine rings is 1. The van der Waals surface area contributed by atoms with Gasteiger partial charge in [0.15, 0.2) is 0 Å². The van der Waals surface area contributed by atoms with Crippen molar-refractivity contribution >= 4 is 35.1 Å². The van der Waals surface area contributed by atoms with E-state index in [0.717, 1.165) is 55.6 Å². The lowest BCUT2D eigenvalue weighted by Gasteiger charge is -2.31. The molecule has 0 radical (unpaired) electrons. The average molecular weight is 447 g/mol. The molecule has 2 aliphatic heterocycles. The Morgan fingerprint density at radius 1 is 1.03 bits per heavy atom. The van der Waals surface area contributed by atoms with Crippen LogP contribution in [0.1, 0.15) is 35.2 Å². The van der Waals surface area contributed by atoms with Gasteiger partial charge in [-0.1, -0.05) is 35.3 Å². The van der Waals surface area contributed by atoms with Crippen molar-refractivity contribution in [2.24, 2.45) is 5.92 Å². The summed E-state index contributed by atoms with van der Waals surface area (Å²) in [7, 11) is 0. The third-order valence-corrected chi connectivity index (χ3v) is 6.83. The summed E-state index contributed by atoms with van der Waals surface area (Å²) in [6, 6.07) is 10.6. The molecule has 0 aromatic heterocycles. The molecule has 2 N–H and O–H groups in total. The molecule has 2 aliphatic rings. The number of hydrogen-bond donors (Lipinski definition) is 2. The van der Waals surface area contributed by atoms with E-state index in [2.05, 4.69) is 5.32 Å². The highest BCUT2D eigenvalue weighted by Crippen LogP contribution is 2.36. The zero-order valence-electron chi connectivity index (χ0n) is 16.5. The lowest BCUT2D eigenvalue weighted by atomic mass is 9.95. The monoisotopic (exact) mass is 446 g/mol. The maximum atomic E-state index is 13.0. The predicted molar refractivity (Wildman–Crippen MR) is 118 cm³/mol. The number of carbonyl (C=O) groups excluding carboxylic acids is 1. The third kappa shape index (κ3) is 4.34. The second-order valence-electron chi connectivity index (χ2n) is 8.00. The van der Waals surface area contributed by atoms with Crippen LogP contribution in [0.4, 0.5) is 0 Å². The van der Waals surface area contributed by atoms with E-state index < -0.39 is 5.97 Å². The molecule has 0 saturated carbocycles. The maximum Gasteiger partial charge on any atom is 0.335 e. The standard InChI is InChI=1S/C23H24Cl2N2O3/c24-20-12-17(14-1-3-15(4-2-14)23(29)30)13-21(25)19(20)11-16-7-10-27(22(16)28)18-5-8-26-9-6-18/h1-4,12-13,16,18,26H,5-11H2,(H,29,30)/t16-/m0/s1. The molecule has 1 atom stereocenters. The van der Waals surface area contributed by atoms with Crippen LogP contribution in [-0.2, 0) is 11.2 Å². The molecule has 0 bridgehead atoms. The molecule has 0 aliphatic carbocycles. The van der Waals surface area contributed by atoms with Crippen LogP contribution >= 0.6 is 23.2 Å². The number of hydrogen-bond acceptors (Lipinski definition) is 3. The lowest BCUT2D eigenvalue weighted by molar-refractivity contribution is -0.133. The molecule has 0 spiro atoms. The Morgan fingerprint density at radius 2 is 1.67 bits per heavy atom. The van der Waals surface area contributed by atoms with Crippen LogP contribution in [-0.4, -0.2) is 47.6 Å². The van der Waals surface area contributed by atoms with Crippen molar-refractivity contribution in [2.45, 2.75) is 31.7 Å². The SMILES string of the molecule is O=C(O)c1ccc(-c2cc(Cl)c(C[C@@H]3CCN(C4CCNCC4)C3=O)c(Cl)c2)cc1. The number of rotatable bonds is 5. The van der Waals surface area contributed by atoms with Gasteiger partial charge in [0.1, 0.15) is 0 Å². The van der Waals surface area contributed by atoms with Crippen molar-refractivity contribution in [1.82, 2.24) is 10.2 Å². The van der Waals surface area contributed by atoms with Gasteiger partial charge in [-0.2, -0.15) is 0 Å². The Hall–Kier alpha value is -2.08. The van der Waals surface area contributed by atoms with Gasteiger partial charge < -0.3 is 15.3 Å². The van der Waals surface area contributed by atoms with Gasteiger partial charge in [-0.15, -0.1) is 0 Å². The van der Waals surface area contributed by atoms with E-state index in [4.69, 9.17) is 28.3 Å². The smallest absolute Gasteiger partial charge is 0.335 e. The number of carboxylic acids is 1. The fourth-order valence-corrected chi connectivity index (χ4v) is 5.09. The van der Waals surface area contributed by atoms with Gasteiger partial charge >= 0.3 is 5.97 Å². The number of benzene rings is 2. The summed E-state index contributed by atoms with van der Waals surface area (Å²) < 4.78 is 0. The quantitative estimate of drug-likeness (QED) is 0.708. The molecule has 4 rings (SSSR count). The van der Waals surface area contributed by atoms with Crippen molar-refractivity contribution in [3.8, 4) is 11.1 Å². The number of aromatic carboxylic acids is 1. The Labute approximate surface area is 186 Å². The molecule has 2 heterocycles. The Kier molecular flexibility index (Phi) is 6.32. The van der Waals surface area contributed by atoms with E-state index >= 15 is 0 Å². The minimum Gasteiger partial charge on any atom is -0.478 e. The number of nitrogens with one attached hydrogen (secondary N) is 1. The van der Waals surface area contributed by atoms with Crippen molar-refractivity contribution < 1.29 is 14.7 Å². The van der Waals surface area contributed by atoms with E-state index in [0.29, 0.717) is 22.5 Å². The molecule has 158 valence electrons. The van der Waals surface area contributed by atoms with Crippen molar-refractivity contribution in [1.29, 1.82) is 0 Å². The lowest BCUT2D eigenvalue weighted by Crippen LogP contribution is -2.44. The number of halogens is 2. The minimum absolute atomic E-state index is 0.0874. The minimum atomic E-state index is -0.965. The summed E-state index contributed by atoms with van der Waals surface area (Å²) in [4.78, 5) is 26.1. The molecule has 5 nitrogen and oxygen atoms in total. The number of likely N-dealkylation sites (tertiary alicyclic amines) is 1. The highest BCUT2D eigenvalue weighted by Gasteiger charge is 2.36. The molecule has 2 aromatic carbocycles. The number of amides is 1. The van der Waals surface area contributed by atoms with Gasteiger partial charge in [0, 0.05) is 28.5 Å². The van der Waals surface area contributed by atoms with E-state index in [9.17, 15) is 9.59 Å². The summed E-state index contributed by atoms with van der Waals surface area (Å²) in [5, 5.41) is 13.5. The third-order valence-electron chi connectivity index (χ3n) is 6.16. The van der Waals surface area contributed by atoms with Crippen molar-refractivity contribution in [3.63, 3.8) is 0 Å². The highest BCUT2D eigenvalue weighted by atomic mass is 35.5. The van der Waals surface area contributed by atoms with E-state index in [1.165, 1.54) is 0 Å². The van der Waals surface area contributed by atoms with Crippen LogP contribution in [0.15, 0.2) is 36.4 Å². The second kappa shape index (κ2) is 8.96. The average Bonchev–Trinajstić information content (AvgIpc) is 3.11. The second-order valence-corrected chi connectivity index (χ2v) is 8.82. The van der Waals surface area contributed by atoms with Gasteiger partial charge in [0.2, 0.25) is 5.91 Å². The highest BCUT2D eigenvalue weighted by molar-refractivity contribution is 6.36. The van der Waals surface area contributed by atoms with E-state index in [1.807, 2.05) is 17.0 Å². The fourth-order valence-electron chi connectivity index (χ4n) is 4.45. The molecule has 2 saturated heterocycles. The van der Waals surface area contributed by atoms with Gasteiger partial charge in [0.05, 0.1) is 5.56 Å². The summed E-state index contributed by atoms with van der Waals surface area (Å²) in [6.07, 6.45) is 3.38. The largest absolute Gasteiger partial charge is 0.478 e. The summed E-state index contributed by atoms with van der Waals surface area (Å²) in [6.45, 7) is 2.73. The zero-order chi connectivity index (χ0) is 21.3. The Balaban J connectivity index is 1.50. The van der Waals surface area contributed by atoms with Gasteiger partial charge in [-0.3, -0.25) is 4.79 Å². The first-order valence-corrected chi connectivity index (χ1v) is 11.0. The molecular formula is C23H24Cl2N2O3. The van der Waals surface area contributed by atoms with Crippen LogP contribution < -0.4 is 5.32 Å². The molecule has 30 heavy (non-hydrogen) atoms. The van der Waals surface area contributed by atoms with Gasteiger partial charge in [0.25, 0.3) is 0 Å². The summed E-state index contributed by atoms with van der Waals surface area (Å²) in [5.41, 5.74) is 2.68. The van der Waals surface area contributed by atoms with Gasteiger partial charge in [-0.25, -0.2) is 4.79 Å². The fraction of sp³-hybridized carbons (Fsp3) is 0.391. The van der Waals surface area contributed by atoms with Crippen LogP contribution in [0.3, 0.4) is 0 Å². The summed E-state index contributed by atoms with van der Waals surface area (Å²) in [5.74, 6) is -0.842. The first-order chi connectivity index (χ1) is 14.4. The van der Waals surface area contributed by atoms with Crippen molar-refractivity contribution in [3.05, 3.63) is 57.6 Å². The molecule has 2 fully saturated rings. The van der Waals surface area contributed by atoms with Crippen LogP contribution in [0.2, 0.25) is 10.0 Å². The van der Waals surface area contributed by atoms with Crippen LogP contribution in [0, 0.1) is 5.92 Å². The van der Waals surface area contributed by atoms with E-state index in [1.54, 1.807) is 24.3 Å². The molecule has 7 heteroatoms. The van der Waals surface area contributed by atoms with Crippen LogP contribution in [0.25, 0.3) is 11.1 Å². The number of carbonyl (C=O) groups is 2. The Bertz CT molecular complexity index is 932. The van der Waals surface area contributed by atoms with Crippen molar-refractivity contribution in [2.75, 3.05) is 19.6 Å².